The van der Waals surface area contributed by atoms with Crippen LogP contribution in [0.1, 0.15) is 12.7 Å². The maximum atomic E-state index is 10.9. The average molecular weight is 238 g/mol. The smallest absolute Gasteiger partial charge is 0.225 e. The highest BCUT2D eigenvalue weighted by Crippen LogP contribution is 2.08. The number of nitrogens with zero attached hydrogens (tertiary/aromatic N) is 3. The summed E-state index contributed by atoms with van der Waals surface area (Å²) in [7, 11) is -2.98. The minimum atomic E-state index is -2.98. The Morgan fingerprint density at radius 3 is 2.57 bits per heavy atom. The normalized spacial score (nSPS) is 11.9. The van der Waals surface area contributed by atoms with E-state index in [0.29, 0.717) is 18.8 Å². The second kappa shape index (κ2) is 4.27. The van der Waals surface area contributed by atoms with Crippen LogP contribution in [0.2, 0.25) is 5.28 Å². The fraction of sp³-hybridized carbons (Fsp3) is 0.714. The van der Waals surface area contributed by atoms with Crippen molar-refractivity contribution in [1.82, 2.24) is 14.8 Å². The Morgan fingerprint density at radius 2 is 2.07 bits per heavy atom. The molecular weight excluding hydrogens is 226 g/mol. The lowest BCUT2D eigenvalue weighted by Gasteiger charge is -2.04. The third-order valence-corrected chi connectivity index (χ3v) is 2.99. The molecule has 0 atom stereocenters. The summed E-state index contributed by atoms with van der Waals surface area (Å²) < 4.78 is 23.5. The summed E-state index contributed by atoms with van der Waals surface area (Å²) in [5.41, 5.74) is 0. The molecule has 0 N–H and O–H groups in total. The predicted molar refractivity (Wildman–Crippen MR) is 54.1 cm³/mol. The fourth-order valence-electron chi connectivity index (χ4n) is 1.05. The molecule has 14 heavy (non-hydrogen) atoms. The maximum Gasteiger partial charge on any atom is 0.225 e. The van der Waals surface area contributed by atoms with Crippen LogP contribution in [0.4, 0.5) is 0 Å². The van der Waals surface area contributed by atoms with Crippen LogP contribution >= 0.6 is 11.6 Å². The molecule has 5 nitrogen and oxygen atoms in total. The van der Waals surface area contributed by atoms with Crippen LogP contribution in [0.5, 0.6) is 0 Å². The Morgan fingerprint density at radius 1 is 1.43 bits per heavy atom. The summed E-state index contributed by atoms with van der Waals surface area (Å²) in [6, 6.07) is 0. The van der Waals surface area contributed by atoms with Gasteiger partial charge in [-0.05, 0) is 11.6 Å². The van der Waals surface area contributed by atoms with Gasteiger partial charge in [0.05, 0.1) is 5.75 Å². The molecule has 0 spiro atoms. The summed E-state index contributed by atoms with van der Waals surface area (Å²) in [5.74, 6) is 0.760. The number of hydrogen-bond donors (Lipinski definition) is 0. The molecule has 0 aromatic carbocycles. The molecular formula is C7H12ClN3O2S. The molecule has 1 aromatic heterocycles. The van der Waals surface area contributed by atoms with Crippen molar-refractivity contribution < 1.29 is 8.42 Å². The van der Waals surface area contributed by atoms with Crippen molar-refractivity contribution in [1.29, 1.82) is 0 Å². The topological polar surface area (TPSA) is 64.8 Å². The number of sulfone groups is 1. The largest absolute Gasteiger partial charge is 0.301 e. The molecule has 1 rings (SSSR count). The van der Waals surface area contributed by atoms with E-state index < -0.39 is 9.84 Å². The first-order valence-corrected chi connectivity index (χ1v) is 6.63. The molecule has 0 bridgehead atoms. The second-order valence-corrected chi connectivity index (χ2v) is 5.62. The summed E-state index contributed by atoms with van der Waals surface area (Å²) in [4.78, 5) is 0. The molecule has 0 unspecified atom stereocenters. The number of aryl methyl sites for hydroxylation is 1. The van der Waals surface area contributed by atoms with Crippen LogP contribution in [0.25, 0.3) is 0 Å². The van der Waals surface area contributed by atoms with Crippen LogP contribution in [-0.2, 0) is 22.8 Å². The predicted octanol–water partition coefficient (Wildman–Crippen LogP) is 0.539. The van der Waals surface area contributed by atoms with Gasteiger partial charge in [-0.15, -0.1) is 10.2 Å². The van der Waals surface area contributed by atoms with Gasteiger partial charge < -0.3 is 4.57 Å². The lowest BCUT2D eigenvalue weighted by molar-refractivity contribution is 0.592. The highest BCUT2D eigenvalue weighted by Gasteiger charge is 2.10. The third kappa shape index (κ3) is 2.95. The molecule has 0 amide bonds. The molecule has 1 aromatic rings. The first-order chi connectivity index (χ1) is 6.44. The van der Waals surface area contributed by atoms with E-state index in [1.165, 1.54) is 6.26 Å². The van der Waals surface area contributed by atoms with Crippen molar-refractivity contribution >= 4 is 21.4 Å². The van der Waals surface area contributed by atoms with Crippen LogP contribution in [0, 0.1) is 0 Å². The van der Waals surface area contributed by atoms with Crippen molar-refractivity contribution in [3.63, 3.8) is 0 Å². The molecule has 0 aliphatic rings. The van der Waals surface area contributed by atoms with E-state index in [1.54, 1.807) is 4.57 Å². The van der Waals surface area contributed by atoms with Crippen molar-refractivity contribution in [3.8, 4) is 0 Å². The van der Waals surface area contributed by atoms with Gasteiger partial charge in [-0.3, -0.25) is 0 Å². The monoisotopic (exact) mass is 237 g/mol. The lowest BCUT2D eigenvalue weighted by atomic mass is 10.4. The second-order valence-electron chi connectivity index (χ2n) is 3.02. The summed E-state index contributed by atoms with van der Waals surface area (Å²) >= 11 is 5.75. The van der Waals surface area contributed by atoms with E-state index in [1.807, 2.05) is 6.92 Å². The molecule has 0 fully saturated rings. The van der Waals surface area contributed by atoms with Crippen LogP contribution in [0.15, 0.2) is 0 Å². The van der Waals surface area contributed by atoms with E-state index in [4.69, 9.17) is 11.6 Å². The van der Waals surface area contributed by atoms with Crippen LogP contribution in [-0.4, -0.2) is 35.2 Å². The summed E-state index contributed by atoms with van der Waals surface area (Å²) in [5, 5.41) is 7.73. The maximum absolute atomic E-state index is 10.9. The SMILES string of the molecule is CCc1nnc(Cl)n1CCS(C)(=O)=O. The van der Waals surface area contributed by atoms with Crippen molar-refractivity contribution in [2.24, 2.45) is 0 Å². The zero-order chi connectivity index (χ0) is 10.8. The molecule has 1 heterocycles. The number of aromatic nitrogens is 3. The zero-order valence-electron chi connectivity index (χ0n) is 8.07. The highest BCUT2D eigenvalue weighted by molar-refractivity contribution is 7.90. The average Bonchev–Trinajstić information content (AvgIpc) is 2.41. The first-order valence-electron chi connectivity index (χ1n) is 4.19. The van der Waals surface area contributed by atoms with Gasteiger partial charge in [-0.2, -0.15) is 0 Å². The van der Waals surface area contributed by atoms with Gasteiger partial charge in [0.1, 0.15) is 15.7 Å². The molecule has 0 saturated carbocycles. The van der Waals surface area contributed by atoms with E-state index in [0.717, 1.165) is 0 Å². The zero-order valence-corrected chi connectivity index (χ0v) is 9.64. The van der Waals surface area contributed by atoms with Gasteiger partial charge in [-0.1, -0.05) is 6.92 Å². The molecule has 0 aliphatic heterocycles. The standard InChI is InChI=1S/C7H12ClN3O2S/c1-3-6-9-10-7(8)11(6)4-5-14(2,12)13/h3-5H2,1-2H3. The van der Waals surface area contributed by atoms with Crippen LogP contribution < -0.4 is 0 Å². The van der Waals surface area contributed by atoms with E-state index in [9.17, 15) is 8.42 Å². The lowest BCUT2D eigenvalue weighted by Crippen LogP contribution is -2.13. The Kier molecular flexibility index (Phi) is 3.49. The van der Waals surface area contributed by atoms with Gasteiger partial charge >= 0.3 is 0 Å². The minimum Gasteiger partial charge on any atom is -0.301 e. The Balaban J connectivity index is 2.80. The number of rotatable bonds is 4. The van der Waals surface area contributed by atoms with Crippen molar-refractivity contribution in [2.75, 3.05) is 12.0 Å². The van der Waals surface area contributed by atoms with E-state index >= 15 is 0 Å². The molecule has 0 radical (unpaired) electrons. The van der Waals surface area contributed by atoms with Gasteiger partial charge in [0.25, 0.3) is 0 Å². The molecule has 0 aliphatic carbocycles. The number of hydrogen-bond acceptors (Lipinski definition) is 4. The van der Waals surface area contributed by atoms with Crippen molar-refractivity contribution in [3.05, 3.63) is 11.1 Å². The number of halogens is 1. The summed E-state index contributed by atoms with van der Waals surface area (Å²) in [6.07, 6.45) is 1.88. The summed E-state index contributed by atoms with van der Waals surface area (Å²) in [6.45, 7) is 2.23. The highest BCUT2D eigenvalue weighted by atomic mass is 35.5. The van der Waals surface area contributed by atoms with Gasteiger partial charge in [0.2, 0.25) is 5.28 Å². The van der Waals surface area contributed by atoms with Gasteiger partial charge in [0.15, 0.2) is 0 Å². The molecule has 7 heteroatoms. The van der Waals surface area contributed by atoms with E-state index in [2.05, 4.69) is 10.2 Å². The Labute approximate surface area is 88.0 Å². The first kappa shape index (κ1) is 11.5. The van der Waals surface area contributed by atoms with Gasteiger partial charge in [0, 0.05) is 19.2 Å². The molecule has 80 valence electrons. The van der Waals surface area contributed by atoms with Crippen molar-refractivity contribution in [2.45, 2.75) is 19.9 Å². The van der Waals surface area contributed by atoms with E-state index in [-0.39, 0.29) is 11.0 Å². The third-order valence-electron chi connectivity index (χ3n) is 1.78. The quantitative estimate of drug-likeness (QED) is 0.767. The fourth-order valence-corrected chi connectivity index (χ4v) is 1.79. The van der Waals surface area contributed by atoms with Crippen LogP contribution in [0.3, 0.4) is 0 Å². The van der Waals surface area contributed by atoms with Gasteiger partial charge in [-0.25, -0.2) is 8.42 Å². The molecule has 0 saturated heterocycles. The Bertz CT molecular complexity index is 413. The minimum absolute atomic E-state index is 0.0533. The Hall–Kier alpha value is -0.620.